The smallest absolute Gasteiger partial charge is 0.0655 e. The number of allylic oxidation sites excluding steroid dienone is 1. The van der Waals surface area contributed by atoms with Crippen LogP contribution in [0.3, 0.4) is 0 Å². The molecule has 0 saturated carbocycles. The van der Waals surface area contributed by atoms with Crippen molar-refractivity contribution in [2.24, 2.45) is 0 Å². The third-order valence-corrected chi connectivity index (χ3v) is 3.14. The molecule has 1 nitrogen and oxygen atoms in total. The SMILES string of the molecule is CC=CC1([SiH3])CCCCO1. The van der Waals surface area contributed by atoms with E-state index < -0.39 is 0 Å². The molecular formula is C8H16OSi. The van der Waals surface area contributed by atoms with E-state index in [4.69, 9.17) is 4.74 Å². The summed E-state index contributed by atoms with van der Waals surface area (Å²) in [6.45, 7) is 3.03. The summed E-state index contributed by atoms with van der Waals surface area (Å²) in [4.78, 5) is 0. The van der Waals surface area contributed by atoms with Crippen LogP contribution in [0.25, 0.3) is 0 Å². The van der Waals surface area contributed by atoms with Crippen LogP contribution in [0.15, 0.2) is 12.2 Å². The second-order valence-electron chi connectivity index (χ2n) is 3.12. The van der Waals surface area contributed by atoms with Crippen LogP contribution < -0.4 is 0 Å². The highest BCUT2D eigenvalue weighted by molar-refractivity contribution is 6.16. The molecule has 1 heterocycles. The molecule has 1 unspecified atom stereocenters. The van der Waals surface area contributed by atoms with Gasteiger partial charge in [0.2, 0.25) is 0 Å². The maximum Gasteiger partial charge on any atom is 0.0655 e. The van der Waals surface area contributed by atoms with Crippen LogP contribution in [0.1, 0.15) is 26.2 Å². The summed E-state index contributed by atoms with van der Waals surface area (Å²) in [6.07, 6.45) is 8.16. The summed E-state index contributed by atoms with van der Waals surface area (Å²) in [5.74, 6) is 0. The Balaban J connectivity index is 2.48. The van der Waals surface area contributed by atoms with Crippen molar-refractivity contribution in [1.29, 1.82) is 0 Å². The van der Waals surface area contributed by atoms with Gasteiger partial charge in [0.25, 0.3) is 0 Å². The van der Waals surface area contributed by atoms with Gasteiger partial charge in [-0.25, -0.2) is 0 Å². The maximum atomic E-state index is 5.68. The monoisotopic (exact) mass is 156 g/mol. The van der Waals surface area contributed by atoms with E-state index in [9.17, 15) is 0 Å². The average molecular weight is 156 g/mol. The van der Waals surface area contributed by atoms with E-state index in [2.05, 4.69) is 19.1 Å². The Morgan fingerprint density at radius 2 is 2.30 bits per heavy atom. The lowest BCUT2D eigenvalue weighted by molar-refractivity contribution is 0.0153. The quantitative estimate of drug-likeness (QED) is 0.403. The summed E-state index contributed by atoms with van der Waals surface area (Å²) in [7, 11) is 1.13. The van der Waals surface area contributed by atoms with Crippen molar-refractivity contribution in [2.75, 3.05) is 6.61 Å². The van der Waals surface area contributed by atoms with E-state index in [0.29, 0.717) is 0 Å². The molecule has 0 radical (unpaired) electrons. The normalized spacial score (nSPS) is 35.3. The second-order valence-corrected chi connectivity index (χ2v) is 4.81. The summed E-state index contributed by atoms with van der Waals surface area (Å²) >= 11 is 0. The molecule has 1 saturated heterocycles. The van der Waals surface area contributed by atoms with E-state index in [1.54, 1.807) is 0 Å². The Hall–Kier alpha value is -0.0831. The fraction of sp³-hybridized carbons (Fsp3) is 0.750. The van der Waals surface area contributed by atoms with Gasteiger partial charge >= 0.3 is 0 Å². The molecule has 0 amide bonds. The first-order valence-corrected chi connectivity index (χ1v) is 5.05. The van der Waals surface area contributed by atoms with E-state index in [1.807, 2.05) is 0 Å². The zero-order chi connectivity index (χ0) is 7.45. The van der Waals surface area contributed by atoms with Crippen molar-refractivity contribution in [2.45, 2.75) is 31.4 Å². The molecule has 0 aromatic rings. The first kappa shape index (κ1) is 8.02. The zero-order valence-electron chi connectivity index (χ0n) is 6.89. The first-order chi connectivity index (χ1) is 4.77. The molecule has 0 spiro atoms. The first-order valence-electron chi connectivity index (χ1n) is 4.05. The van der Waals surface area contributed by atoms with Gasteiger partial charge in [-0.05, 0) is 26.2 Å². The molecule has 1 atom stereocenters. The predicted octanol–water partition coefficient (Wildman–Crippen LogP) is 0.825. The molecule has 0 bridgehead atoms. The van der Waals surface area contributed by atoms with Crippen molar-refractivity contribution in [3.8, 4) is 0 Å². The van der Waals surface area contributed by atoms with Gasteiger partial charge in [0, 0.05) is 16.8 Å². The number of hydrogen-bond donors (Lipinski definition) is 0. The molecule has 10 heavy (non-hydrogen) atoms. The second kappa shape index (κ2) is 3.35. The lowest BCUT2D eigenvalue weighted by Crippen LogP contribution is -2.34. The standard InChI is InChI=1S/C8H16OSi/c1-2-5-8(10)6-3-4-7-9-8/h2,5H,3-4,6-7H2,1,10H3. The molecule has 58 valence electrons. The van der Waals surface area contributed by atoms with Crippen LogP contribution >= 0.6 is 0 Å². The van der Waals surface area contributed by atoms with Gasteiger partial charge in [-0.2, -0.15) is 0 Å². The Morgan fingerprint density at radius 1 is 1.50 bits per heavy atom. The molecule has 0 N–H and O–H groups in total. The average Bonchev–Trinajstić information content (AvgIpc) is 1.89. The van der Waals surface area contributed by atoms with Gasteiger partial charge < -0.3 is 4.74 Å². The lowest BCUT2D eigenvalue weighted by Gasteiger charge is -2.31. The van der Waals surface area contributed by atoms with Gasteiger partial charge in [-0.3, -0.25) is 0 Å². The van der Waals surface area contributed by atoms with Crippen LogP contribution in [-0.4, -0.2) is 22.1 Å². The van der Waals surface area contributed by atoms with Crippen LogP contribution in [0, 0.1) is 0 Å². The molecule has 1 aliphatic rings. The fourth-order valence-corrected chi connectivity index (χ4v) is 2.33. The minimum absolute atomic E-state index is 0.188. The number of rotatable bonds is 1. The summed E-state index contributed by atoms with van der Waals surface area (Å²) in [5.41, 5.74) is 0. The Kier molecular flexibility index (Phi) is 2.69. The van der Waals surface area contributed by atoms with E-state index in [-0.39, 0.29) is 5.22 Å². The Bertz CT molecular complexity index is 125. The van der Waals surface area contributed by atoms with Gasteiger partial charge in [0.15, 0.2) is 0 Å². The molecular weight excluding hydrogens is 140 g/mol. The lowest BCUT2D eigenvalue weighted by atomic mass is 10.1. The van der Waals surface area contributed by atoms with Crippen molar-refractivity contribution >= 4 is 10.2 Å². The highest BCUT2D eigenvalue weighted by atomic mass is 28.1. The van der Waals surface area contributed by atoms with E-state index >= 15 is 0 Å². The number of hydrogen-bond acceptors (Lipinski definition) is 1. The van der Waals surface area contributed by atoms with Crippen LogP contribution in [0.5, 0.6) is 0 Å². The van der Waals surface area contributed by atoms with Crippen LogP contribution in [0.4, 0.5) is 0 Å². The highest BCUT2D eigenvalue weighted by Crippen LogP contribution is 2.22. The molecule has 0 aromatic carbocycles. The van der Waals surface area contributed by atoms with Crippen molar-refractivity contribution in [3.63, 3.8) is 0 Å². The van der Waals surface area contributed by atoms with Gasteiger partial charge in [-0.15, -0.1) is 0 Å². The molecule has 1 fully saturated rings. The predicted molar refractivity (Wildman–Crippen MR) is 47.3 cm³/mol. The van der Waals surface area contributed by atoms with E-state index in [0.717, 1.165) is 16.8 Å². The fourth-order valence-electron chi connectivity index (χ4n) is 1.44. The molecule has 0 aromatic heterocycles. The van der Waals surface area contributed by atoms with Gasteiger partial charge in [0.05, 0.1) is 5.22 Å². The largest absolute Gasteiger partial charge is 0.376 e. The third kappa shape index (κ3) is 1.96. The highest BCUT2D eigenvalue weighted by Gasteiger charge is 2.23. The van der Waals surface area contributed by atoms with Crippen LogP contribution in [-0.2, 0) is 4.74 Å². The van der Waals surface area contributed by atoms with Crippen molar-refractivity contribution < 1.29 is 4.74 Å². The zero-order valence-corrected chi connectivity index (χ0v) is 8.89. The van der Waals surface area contributed by atoms with E-state index in [1.165, 1.54) is 19.3 Å². The third-order valence-electron chi connectivity index (χ3n) is 2.02. The van der Waals surface area contributed by atoms with Crippen LogP contribution in [0.2, 0.25) is 0 Å². The summed E-state index contributed by atoms with van der Waals surface area (Å²) in [5, 5.41) is 0.188. The Labute approximate surface area is 65.9 Å². The molecule has 1 rings (SSSR count). The minimum atomic E-state index is 0.188. The number of ether oxygens (including phenoxy) is 1. The van der Waals surface area contributed by atoms with Crippen molar-refractivity contribution in [3.05, 3.63) is 12.2 Å². The Morgan fingerprint density at radius 3 is 2.80 bits per heavy atom. The van der Waals surface area contributed by atoms with Crippen molar-refractivity contribution in [1.82, 2.24) is 0 Å². The molecule has 1 aliphatic heterocycles. The molecule has 0 aliphatic carbocycles. The molecule has 2 heteroatoms. The summed E-state index contributed by atoms with van der Waals surface area (Å²) < 4.78 is 5.68. The summed E-state index contributed by atoms with van der Waals surface area (Å²) in [6, 6.07) is 0. The maximum absolute atomic E-state index is 5.68. The minimum Gasteiger partial charge on any atom is -0.376 e. The van der Waals surface area contributed by atoms with Gasteiger partial charge in [0.1, 0.15) is 0 Å². The van der Waals surface area contributed by atoms with Gasteiger partial charge in [-0.1, -0.05) is 12.2 Å². The topological polar surface area (TPSA) is 9.23 Å².